The van der Waals surface area contributed by atoms with E-state index in [4.69, 9.17) is 0 Å². The third-order valence-corrected chi connectivity index (χ3v) is 4.41. The van der Waals surface area contributed by atoms with Crippen LogP contribution in [0.3, 0.4) is 0 Å². The molecule has 8 heteroatoms. The van der Waals surface area contributed by atoms with E-state index in [2.05, 4.69) is 5.32 Å². The number of nitro benzene ring substituents is 1. The molecule has 2 rings (SSSR count). The van der Waals surface area contributed by atoms with Crippen molar-refractivity contribution in [2.45, 2.75) is 25.9 Å². The molecule has 0 aromatic heterocycles. The van der Waals surface area contributed by atoms with E-state index >= 15 is 0 Å². The van der Waals surface area contributed by atoms with Crippen molar-refractivity contribution in [3.8, 4) is 0 Å². The number of nitrogens with one attached hydrogen (secondary N) is 1. The molecule has 0 atom stereocenters. The SMILES string of the molecule is Cc1ccc(NC(=O)SCc2cc(CO)c(CO)cc2[N+](=O)[O-])cc1. The first-order chi connectivity index (χ1) is 11.9. The summed E-state index contributed by atoms with van der Waals surface area (Å²) in [6.45, 7) is 1.19. The van der Waals surface area contributed by atoms with E-state index in [1.165, 1.54) is 12.1 Å². The van der Waals surface area contributed by atoms with E-state index < -0.39 is 11.5 Å². The summed E-state index contributed by atoms with van der Waals surface area (Å²) in [5, 5.41) is 32.2. The summed E-state index contributed by atoms with van der Waals surface area (Å²) in [6.07, 6.45) is 0. The molecule has 0 aliphatic rings. The standard InChI is InChI=1S/C17H18N2O5S/c1-11-2-4-15(5-3-11)18-17(22)25-10-14-6-12(8-20)13(9-21)7-16(14)19(23)24/h2-7,20-21H,8-10H2,1H3,(H,18,22). The highest BCUT2D eigenvalue weighted by molar-refractivity contribution is 8.13. The molecule has 0 heterocycles. The minimum Gasteiger partial charge on any atom is -0.392 e. The van der Waals surface area contributed by atoms with E-state index in [0.717, 1.165) is 17.3 Å². The number of rotatable bonds is 6. The van der Waals surface area contributed by atoms with Gasteiger partial charge in [-0.15, -0.1) is 0 Å². The van der Waals surface area contributed by atoms with Gasteiger partial charge in [0.2, 0.25) is 0 Å². The zero-order chi connectivity index (χ0) is 18.4. The predicted molar refractivity (Wildman–Crippen MR) is 96.4 cm³/mol. The third kappa shape index (κ3) is 5.02. The van der Waals surface area contributed by atoms with Crippen molar-refractivity contribution in [1.82, 2.24) is 0 Å². The molecular weight excluding hydrogens is 344 g/mol. The largest absolute Gasteiger partial charge is 0.392 e. The van der Waals surface area contributed by atoms with Crippen molar-refractivity contribution in [3.05, 3.63) is 68.8 Å². The van der Waals surface area contributed by atoms with Crippen LogP contribution in [-0.2, 0) is 19.0 Å². The lowest BCUT2D eigenvalue weighted by atomic mass is 10.0. The summed E-state index contributed by atoms with van der Waals surface area (Å²) < 4.78 is 0. The molecule has 0 aliphatic carbocycles. The first-order valence-corrected chi connectivity index (χ1v) is 8.44. The molecule has 7 nitrogen and oxygen atoms in total. The van der Waals surface area contributed by atoms with Gasteiger partial charge in [-0.2, -0.15) is 0 Å². The average Bonchev–Trinajstić information content (AvgIpc) is 2.60. The Morgan fingerprint density at radius 3 is 2.28 bits per heavy atom. The van der Waals surface area contributed by atoms with Gasteiger partial charge in [0.15, 0.2) is 0 Å². The second-order valence-electron chi connectivity index (χ2n) is 5.39. The van der Waals surface area contributed by atoms with Crippen molar-refractivity contribution in [1.29, 1.82) is 0 Å². The zero-order valence-electron chi connectivity index (χ0n) is 13.6. The lowest BCUT2D eigenvalue weighted by Gasteiger charge is -2.10. The molecule has 0 spiro atoms. The quantitative estimate of drug-likeness (QED) is 0.536. The van der Waals surface area contributed by atoms with Crippen LogP contribution in [0.1, 0.15) is 22.3 Å². The molecular formula is C17H18N2O5S. The molecule has 0 radical (unpaired) electrons. The second kappa shape index (κ2) is 8.61. The van der Waals surface area contributed by atoms with Gasteiger partial charge in [-0.3, -0.25) is 14.9 Å². The molecule has 2 aromatic rings. The van der Waals surface area contributed by atoms with Crippen LogP contribution in [0.25, 0.3) is 0 Å². The van der Waals surface area contributed by atoms with E-state index in [-0.39, 0.29) is 23.3 Å². The normalized spacial score (nSPS) is 10.5. The first-order valence-electron chi connectivity index (χ1n) is 7.45. The van der Waals surface area contributed by atoms with E-state index in [1.54, 1.807) is 12.1 Å². The second-order valence-corrected chi connectivity index (χ2v) is 6.34. The topological polar surface area (TPSA) is 113 Å². The van der Waals surface area contributed by atoms with Crippen molar-refractivity contribution in [2.24, 2.45) is 0 Å². The maximum absolute atomic E-state index is 12.0. The lowest BCUT2D eigenvalue weighted by Crippen LogP contribution is -2.06. The van der Waals surface area contributed by atoms with E-state index in [0.29, 0.717) is 22.4 Å². The Hall–Kier alpha value is -2.42. The number of aliphatic hydroxyl groups excluding tert-OH is 2. The number of benzene rings is 2. The lowest BCUT2D eigenvalue weighted by molar-refractivity contribution is -0.385. The van der Waals surface area contributed by atoms with Gasteiger partial charge in [-0.1, -0.05) is 29.5 Å². The van der Waals surface area contributed by atoms with Gasteiger partial charge < -0.3 is 15.5 Å². The smallest absolute Gasteiger partial charge is 0.283 e. The average molecular weight is 362 g/mol. The van der Waals surface area contributed by atoms with Gasteiger partial charge >= 0.3 is 0 Å². The predicted octanol–water partition coefficient (Wildman–Crippen LogP) is 3.35. The summed E-state index contributed by atoms with van der Waals surface area (Å²) >= 11 is 0.894. The van der Waals surface area contributed by atoms with Crippen LogP contribution in [-0.4, -0.2) is 20.4 Å². The van der Waals surface area contributed by atoms with Crippen LogP contribution in [0.4, 0.5) is 16.2 Å². The van der Waals surface area contributed by atoms with Crippen LogP contribution >= 0.6 is 11.8 Å². The number of aliphatic hydroxyl groups is 2. The summed E-state index contributed by atoms with van der Waals surface area (Å²) in [5.41, 5.74) is 2.55. The molecule has 0 saturated carbocycles. The Morgan fingerprint density at radius 1 is 1.12 bits per heavy atom. The Bertz CT molecular complexity index is 777. The third-order valence-electron chi connectivity index (χ3n) is 3.59. The van der Waals surface area contributed by atoms with Gasteiger partial charge in [0.05, 0.1) is 18.1 Å². The van der Waals surface area contributed by atoms with E-state index in [1.807, 2.05) is 19.1 Å². The number of nitro groups is 1. The maximum atomic E-state index is 12.0. The number of anilines is 1. The molecule has 132 valence electrons. The molecule has 2 aromatic carbocycles. The van der Waals surface area contributed by atoms with Crippen molar-refractivity contribution in [2.75, 3.05) is 5.32 Å². The number of carbonyl (C=O) groups excluding carboxylic acids is 1. The van der Waals surface area contributed by atoms with Gasteiger partial charge in [0, 0.05) is 23.1 Å². The van der Waals surface area contributed by atoms with Crippen LogP contribution in [0.2, 0.25) is 0 Å². The zero-order valence-corrected chi connectivity index (χ0v) is 14.4. The van der Waals surface area contributed by atoms with Crippen LogP contribution in [0.5, 0.6) is 0 Å². The highest BCUT2D eigenvalue weighted by Crippen LogP contribution is 2.28. The Labute approximate surface area is 148 Å². The highest BCUT2D eigenvalue weighted by Gasteiger charge is 2.19. The minimum atomic E-state index is -0.561. The number of amides is 1. The van der Waals surface area contributed by atoms with Gasteiger partial charge in [0.1, 0.15) is 0 Å². The molecule has 1 amide bonds. The van der Waals surface area contributed by atoms with Crippen molar-refractivity contribution >= 4 is 28.4 Å². The van der Waals surface area contributed by atoms with Crippen LogP contribution in [0, 0.1) is 17.0 Å². The Morgan fingerprint density at radius 2 is 1.72 bits per heavy atom. The monoisotopic (exact) mass is 362 g/mol. The van der Waals surface area contributed by atoms with Gasteiger partial charge in [0.25, 0.3) is 10.9 Å². The van der Waals surface area contributed by atoms with Crippen molar-refractivity contribution < 1.29 is 19.9 Å². The first kappa shape index (κ1) is 18.9. The summed E-state index contributed by atoms with van der Waals surface area (Å²) in [6, 6.07) is 9.97. The number of thioether (sulfide) groups is 1. The number of aryl methyl sites for hydroxylation is 1. The fourth-order valence-corrected chi connectivity index (χ4v) is 2.95. The molecule has 0 saturated heterocycles. The van der Waals surface area contributed by atoms with Crippen molar-refractivity contribution in [3.63, 3.8) is 0 Å². The number of carbonyl (C=O) groups is 1. The number of hydrogen-bond acceptors (Lipinski definition) is 6. The summed E-state index contributed by atoms with van der Waals surface area (Å²) in [4.78, 5) is 22.7. The van der Waals surface area contributed by atoms with Gasteiger partial charge in [-0.05, 0) is 36.2 Å². The molecule has 0 unspecified atom stereocenters. The van der Waals surface area contributed by atoms with Crippen LogP contribution < -0.4 is 5.32 Å². The van der Waals surface area contributed by atoms with Gasteiger partial charge in [-0.25, -0.2) is 0 Å². The summed E-state index contributed by atoms with van der Waals surface area (Å²) in [7, 11) is 0. The minimum absolute atomic E-state index is 0.0761. The fourth-order valence-electron chi connectivity index (χ4n) is 2.24. The highest BCUT2D eigenvalue weighted by atomic mass is 32.2. The van der Waals surface area contributed by atoms with Crippen LogP contribution in [0.15, 0.2) is 36.4 Å². The molecule has 0 fully saturated rings. The number of hydrogen-bond donors (Lipinski definition) is 3. The maximum Gasteiger partial charge on any atom is 0.283 e. The number of nitrogens with zero attached hydrogens (tertiary/aromatic N) is 1. The summed E-state index contributed by atoms with van der Waals surface area (Å²) in [5.74, 6) is 0.0761. The molecule has 0 aliphatic heterocycles. The Kier molecular flexibility index (Phi) is 6.51. The fraction of sp³-hybridized carbons (Fsp3) is 0.235. The molecule has 25 heavy (non-hydrogen) atoms. The Balaban J connectivity index is 2.11. The molecule has 3 N–H and O–H groups in total. The molecule has 0 bridgehead atoms. The van der Waals surface area contributed by atoms with E-state index in [9.17, 15) is 25.1 Å².